The molecule has 0 spiro atoms. The van der Waals surface area contributed by atoms with E-state index in [0.29, 0.717) is 25.4 Å². The van der Waals surface area contributed by atoms with Crippen LogP contribution in [0.3, 0.4) is 0 Å². The lowest BCUT2D eigenvalue weighted by atomic mass is 10.1. The minimum absolute atomic E-state index is 0.296. The lowest BCUT2D eigenvalue weighted by molar-refractivity contribution is 0.173. The van der Waals surface area contributed by atoms with Gasteiger partial charge in [0.05, 0.1) is 0 Å². The molecule has 0 fully saturated rings. The van der Waals surface area contributed by atoms with E-state index in [1.54, 1.807) is 0 Å². The van der Waals surface area contributed by atoms with Gasteiger partial charge in [-0.3, -0.25) is 0 Å². The Kier molecular flexibility index (Phi) is 3.74. The van der Waals surface area contributed by atoms with Crippen LogP contribution in [0.2, 0.25) is 0 Å². The number of ether oxygens (including phenoxy) is 3. The van der Waals surface area contributed by atoms with Gasteiger partial charge in [0.2, 0.25) is 6.79 Å². The molecule has 2 rings (SSSR count). The Morgan fingerprint density at radius 1 is 1.29 bits per heavy atom. The van der Waals surface area contributed by atoms with Gasteiger partial charge in [-0.25, -0.2) is 0 Å². The number of benzene rings is 1. The summed E-state index contributed by atoms with van der Waals surface area (Å²) in [6.07, 6.45) is 0. The van der Waals surface area contributed by atoms with Crippen molar-refractivity contribution in [3.63, 3.8) is 0 Å². The van der Waals surface area contributed by atoms with Crippen LogP contribution in [0, 0.1) is 5.92 Å². The molecule has 0 bridgehead atoms. The summed E-state index contributed by atoms with van der Waals surface area (Å²) in [7, 11) is 1.95. The fraction of sp³-hybridized carbons (Fsp3) is 0.538. The van der Waals surface area contributed by atoms with Crippen LogP contribution in [0.4, 0.5) is 0 Å². The molecular weight excluding hydrogens is 218 g/mol. The van der Waals surface area contributed by atoms with Crippen LogP contribution >= 0.6 is 0 Å². The van der Waals surface area contributed by atoms with Crippen LogP contribution in [0.15, 0.2) is 18.2 Å². The van der Waals surface area contributed by atoms with E-state index in [1.165, 1.54) is 0 Å². The number of hydrogen-bond donors (Lipinski definition) is 1. The number of rotatable bonds is 5. The van der Waals surface area contributed by atoms with Crippen LogP contribution in [-0.2, 0) is 0 Å². The summed E-state index contributed by atoms with van der Waals surface area (Å²) in [5, 5.41) is 3.24. The molecule has 0 saturated carbocycles. The second kappa shape index (κ2) is 5.27. The molecule has 1 atom stereocenters. The van der Waals surface area contributed by atoms with Gasteiger partial charge in [0, 0.05) is 12.1 Å². The molecule has 1 N–H and O–H groups in total. The largest absolute Gasteiger partial charge is 0.492 e. The van der Waals surface area contributed by atoms with Gasteiger partial charge in [0.25, 0.3) is 0 Å². The van der Waals surface area contributed by atoms with Gasteiger partial charge in [0.15, 0.2) is 11.5 Å². The fourth-order valence-corrected chi connectivity index (χ4v) is 1.76. The maximum atomic E-state index is 5.75. The lowest BCUT2D eigenvalue weighted by Crippen LogP contribution is -2.36. The first kappa shape index (κ1) is 12.0. The van der Waals surface area contributed by atoms with E-state index in [0.717, 1.165) is 17.2 Å². The Labute approximate surface area is 102 Å². The van der Waals surface area contributed by atoms with E-state index < -0.39 is 0 Å². The smallest absolute Gasteiger partial charge is 0.231 e. The number of fused-ring (bicyclic) bond motifs is 1. The van der Waals surface area contributed by atoms with Gasteiger partial charge in [-0.1, -0.05) is 13.8 Å². The van der Waals surface area contributed by atoms with E-state index in [-0.39, 0.29) is 0 Å². The predicted octanol–water partition coefficient (Wildman–Crippen LogP) is 2.04. The van der Waals surface area contributed by atoms with E-state index in [2.05, 4.69) is 19.2 Å². The highest BCUT2D eigenvalue weighted by Gasteiger charge is 2.15. The summed E-state index contributed by atoms with van der Waals surface area (Å²) in [5.41, 5.74) is 0. The molecule has 4 heteroatoms. The summed E-state index contributed by atoms with van der Waals surface area (Å²) in [5.74, 6) is 2.89. The number of hydrogen-bond acceptors (Lipinski definition) is 4. The zero-order chi connectivity index (χ0) is 12.3. The second-order valence-corrected chi connectivity index (χ2v) is 4.47. The Balaban J connectivity index is 1.95. The average Bonchev–Trinajstić information content (AvgIpc) is 2.76. The maximum Gasteiger partial charge on any atom is 0.231 e. The molecule has 1 aliphatic heterocycles. The average molecular weight is 237 g/mol. The lowest BCUT2D eigenvalue weighted by Gasteiger charge is -2.20. The van der Waals surface area contributed by atoms with Crippen molar-refractivity contribution in [2.45, 2.75) is 19.9 Å². The van der Waals surface area contributed by atoms with E-state index in [9.17, 15) is 0 Å². The second-order valence-electron chi connectivity index (χ2n) is 4.47. The predicted molar refractivity (Wildman–Crippen MR) is 65.7 cm³/mol. The summed E-state index contributed by atoms with van der Waals surface area (Å²) in [4.78, 5) is 0. The molecule has 1 heterocycles. The molecular formula is C13H19NO3. The molecule has 1 aromatic rings. The summed E-state index contributed by atoms with van der Waals surface area (Å²) >= 11 is 0. The standard InChI is InChI=1S/C13H19NO3/c1-9(2)11(14-3)7-15-10-4-5-12-13(6-10)17-8-16-12/h4-6,9,11,14H,7-8H2,1-3H3. The molecule has 0 saturated heterocycles. The molecule has 94 valence electrons. The quantitative estimate of drug-likeness (QED) is 0.850. The first-order valence-corrected chi connectivity index (χ1v) is 5.90. The van der Waals surface area contributed by atoms with Crippen molar-refractivity contribution < 1.29 is 14.2 Å². The highest BCUT2D eigenvalue weighted by molar-refractivity contribution is 5.46. The number of nitrogens with one attached hydrogen (secondary N) is 1. The monoisotopic (exact) mass is 237 g/mol. The van der Waals surface area contributed by atoms with Crippen LogP contribution in [-0.4, -0.2) is 26.5 Å². The van der Waals surface area contributed by atoms with Crippen LogP contribution in [0.5, 0.6) is 17.2 Å². The minimum atomic E-state index is 0.296. The fourth-order valence-electron chi connectivity index (χ4n) is 1.76. The molecule has 0 radical (unpaired) electrons. The molecule has 0 aromatic heterocycles. The molecule has 4 nitrogen and oxygen atoms in total. The van der Waals surface area contributed by atoms with E-state index in [4.69, 9.17) is 14.2 Å². The Hall–Kier alpha value is -1.42. The van der Waals surface area contributed by atoms with Crippen LogP contribution in [0.25, 0.3) is 0 Å². The molecule has 17 heavy (non-hydrogen) atoms. The Morgan fingerprint density at radius 3 is 2.76 bits per heavy atom. The molecule has 0 amide bonds. The Bertz CT molecular complexity index is 379. The first-order valence-electron chi connectivity index (χ1n) is 5.90. The zero-order valence-corrected chi connectivity index (χ0v) is 10.5. The van der Waals surface area contributed by atoms with Gasteiger partial charge < -0.3 is 19.5 Å². The third-order valence-electron chi connectivity index (χ3n) is 2.95. The van der Waals surface area contributed by atoms with Crippen LogP contribution < -0.4 is 19.5 Å². The SMILES string of the molecule is CNC(COc1ccc2c(c1)OCO2)C(C)C. The summed E-state index contributed by atoms with van der Waals surface area (Å²) in [6.45, 7) is 5.28. The third kappa shape index (κ3) is 2.82. The first-order chi connectivity index (χ1) is 8.20. The van der Waals surface area contributed by atoms with Gasteiger partial charge >= 0.3 is 0 Å². The topological polar surface area (TPSA) is 39.7 Å². The van der Waals surface area contributed by atoms with E-state index in [1.807, 2.05) is 25.2 Å². The number of likely N-dealkylation sites (N-methyl/N-ethyl adjacent to an activating group) is 1. The molecule has 0 aliphatic carbocycles. The van der Waals surface area contributed by atoms with Crippen molar-refractivity contribution in [1.29, 1.82) is 0 Å². The zero-order valence-electron chi connectivity index (χ0n) is 10.5. The minimum Gasteiger partial charge on any atom is -0.492 e. The maximum absolute atomic E-state index is 5.75. The summed E-state index contributed by atoms with van der Waals surface area (Å²) in [6, 6.07) is 6.00. The van der Waals surface area contributed by atoms with E-state index >= 15 is 0 Å². The summed E-state index contributed by atoms with van der Waals surface area (Å²) < 4.78 is 16.3. The normalized spacial score (nSPS) is 15.1. The van der Waals surface area contributed by atoms with Crippen molar-refractivity contribution in [2.75, 3.05) is 20.4 Å². The van der Waals surface area contributed by atoms with Crippen molar-refractivity contribution in [1.82, 2.24) is 5.32 Å². The highest BCUT2D eigenvalue weighted by atomic mass is 16.7. The van der Waals surface area contributed by atoms with Crippen molar-refractivity contribution in [2.24, 2.45) is 5.92 Å². The van der Waals surface area contributed by atoms with Gasteiger partial charge in [-0.05, 0) is 25.1 Å². The highest BCUT2D eigenvalue weighted by Crippen LogP contribution is 2.35. The third-order valence-corrected chi connectivity index (χ3v) is 2.95. The van der Waals surface area contributed by atoms with Gasteiger partial charge in [-0.2, -0.15) is 0 Å². The molecule has 1 unspecified atom stereocenters. The molecule has 1 aliphatic rings. The van der Waals surface area contributed by atoms with Crippen LogP contribution in [0.1, 0.15) is 13.8 Å². The van der Waals surface area contributed by atoms with Crippen molar-refractivity contribution in [3.8, 4) is 17.2 Å². The van der Waals surface area contributed by atoms with Gasteiger partial charge in [0.1, 0.15) is 12.4 Å². The molecule has 1 aromatic carbocycles. The van der Waals surface area contributed by atoms with Gasteiger partial charge in [-0.15, -0.1) is 0 Å². The van der Waals surface area contributed by atoms with Crippen molar-refractivity contribution in [3.05, 3.63) is 18.2 Å². The van der Waals surface area contributed by atoms with Crippen molar-refractivity contribution >= 4 is 0 Å². The Morgan fingerprint density at radius 2 is 2.06 bits per heavy atom.